The van der Waals surface area contributed by atoms with E-state index in [0.29, 0.717) is 11.5 Å². The number of aromatic amines is 1. The number of H-pyrrole nitrogens is 1. The number of fused-ring (bicyclic) bond motifs is 1. The minimum atomic E-state index is 0.110. The van der Waals surface area contributed by atoms with Gasteiger partial charge in [-0.1, -0.05) is 42.5 Å². The average molecular weight is 286 g/mol. The lowest BCUT2D eigenvalue weighted by atomic mass is 10.1. The predicted molar refractivity (Wildman–Crippen MR) is 85.3 cm³/mol. The summed E-state index contributed by atoms with van der Waals surface area (Å²) in [5.74, 6) is 0.676. The van der Waals surface area contributed by atoms with Crippen LogP contribution in [0.5, 0.6) is 0 Å². The molecule has 2 aromatic heterocycles. The topological polar surface area (TPSA) is 78.3 Å². The van der Waals surface area contributed by atoms with Crippen molar-refractivity contribution in [3.05, 3.63) is 60.8 Å². The van der Waals surface area contributed by atoms with E-state index in [1.165, 1.54) is 0 Å². The van der Waals surface area contributed by atoms with Crippen molar-refractivity contribution >= 4 is 16.9 Å². The molecule has 4 aromatic rings. The molecule has 0 bridgehead atoms. The molecule has 0 aliphatic heterocycles. The van der Waals surface area contributed by atoms with E-state index in [9.17, 15) is 0 Å². The average Bonchev–Trinajstić information content (AvgIpc) is 3.00. The Labute approximate surface area is 126 Å². The Kier molecular flexibility index (Phi) is 2.83. The zero-order chi connectivity index (χ0) is 14.9. The fraction of sp³-hybridized carbons (Fsp3) is 0. The minimum Gasteiger partial charge on any atom is -0.337 e. The van der Waals surface area contributed by atoms with Crippen LogP contribution in [0, 0.1) is 0 Å². The van der Waals surface area contributed by atoms with Crippen LogP contribution in [0.2, 0.25) is 0 Å². The monoisotopic (exact) mass is 286 g/mol. The Hall–Kier alpha value is -3.21. The molecule has 0 saturated heterocycles. The SMILES string of the molecule is [NH]c1ncc(-c2ccccc2)nc1-c1nc2ccccc2[nH]1. The van der Waals surface area contributed by atoms with Gasteiger partial charge in [-0.25, -0.2) is 15.0 Å². The molecule has 0 unspecified atom stereocenters. The van der Waals surface area contributed by atoms with E-state index in [2.05, 4.69) is 19.9 Å². The number of imidazole rings is 1. The zero-order valence-corrected chi connectivity index (χ0v) is 11.6. The highest BCUT2D eigenvalue weighted by atomic mass is 15.0. The summed E-state index contributed by atoms with van der Waals surface area (Å²) in [6.45, 7) is 0. The molecule has 22 heavy (non-hydrogen) atoms. The van der Waals surface area contributed by atoms with Gasteiger partial charge in [0.15, 0.2) is 17.3 Å². The molecule has 5 heteroatoms. The summed E-state index contributed by atoms with van der Waals surface area (Å²) in [4.78, 5) is 16.4. The second-order valence-electron chi connectivity index (χ2n) is 4.92. The van der Waals surface area contributed by atoms with Gasteiger partial charge in [0, 0.05) is 5.56 Å². The number of nitrogens with one attached hydrogen (secondary N) is 2. The van der Waals surface area contributed by atoms with Gasteiger partial charge in [-0.15, -0.1) is 0 Å². The summed E-state index contributed by atoms with van der Waals surface area (Å²) in [6.07, 6.45) is 1.61. The molecule has 2 N–H and O–H groups in total. The first-order valence-electron chi connectivity index (χ1n) is 6.90. The second kappa shape index (κ2) is 4.96. The molecule has 5 nitrogen and oxygen atoms in total. The van der Waals surface area contributed by atoms with Crippen molar-refractivity contribution in [2.45, 2.75) is 0 Å². The molecule has 0 fully saturated rings. The quantitative estimate of drug-likeness (QED) is 0.611. The lowest BCUT2D eigenvalue weighted by molar-refractivity contribution is 1.14. The summed E-state index contributed by atoms with van der Waals surface area (Å²) in [5, 5.41) is 0. The molecule has 0 amide bonds. The van der Waals surface area contributed by atoms with E-state index >= 15 is 0 Å². The van der Waals surface area contributed by atoms with Crippen molar-refractivity contribution in [1.29, 1.82) is 0 Å². The van der Waals surface area contributed by atoms with Gasteiger partial charge in [-0.3, -0.25) is 5.73 Å². The Balaban J connectivity index is 1.87. The number of nitrogens with zero attached hydrogens (tertiary/aromatic N) is 3. The molecule has 0 aliphatic rings. The Morgan fingerprint density at radius 1 is 0.864 bits per heavy atom. The fourth-order valence-corrected chi connectivity index (χ4v) is 2.37. The van der Waals surface area contributed by atoms with E-state index in [-0.39, 0.29) is 5.82 Å². The van der Waals surface area contributed by atoms with Crippen LogP contribution in [0.1, 0.15) is 0 Å². The Morgan fingerprint density at radius 2 is 1.64 bits per heavy atom. The number of aromatic nitrogens is 4. The first-order chi connectivity index (χ1) is 10.8. The van der Waals surface area contributed by atoms with Crippen molar-refractivity contribution in [2.75, 3.05) is 0 Å². The molecule has 2 aromatic carbocycles. The summed E-state index contributed by atoms with van der Waals surface area (Å²) in [6, 6.07) is 17.5. The van der Waals surface area contributed by atoms with Crippen molar-refractivity contribution in [2.24, 2.45) is 0 Å². The smallest absolute Gasteiger partial charge is 0.174 e. The normalized spacial score (nSPS) is 10.9. The van der Waals surface area contributed by atoms with Gasteiger partial charge < -0.3 is 4.98 Å². The van der Waals surface area contributed by atoms with Crippen molar-refractivity contribution < 1.29 is 0 Å². The maximum atomic E-state index is 8.01. The van der Waals surface area contributed by atoms with Crippen molar-refractivity contribution in [1.82, 2.24) is 25.7 Å². The van der Waals surface area contributed by atoms with Gasteiger partial charge in [0.25, 0.3) is 0 Å². The second-order valence-corrected chi connectivity index (χ2v) is 4.92. The van der Waals surface area contributed by atoms with Gasteiger partial charge >= 0.3 is 0 Å². The number of para-hydroxylation sites is 2. The number of hydrogen-bond donors (Lipinski definition) is 1. The minimum absolute atomic E-state index is 0.110. The number of rotatable bonds is 2. The standard InChI is InChI=1S/C17H12N5/c18-16-15(17-21-12-8-4-5-9-13(12)22-17)20-14(10-19-16)11-6-2-1-3-7-11/h1-10,18H,(H,21,22). The van der Waals surface area contributed by atoms with Crippen LogP contribution < -0.4 is 5.73 Å². The van der Waals surface area contributed by atoms with E-state index < -0.39 is 0 Å². The zero-order valence-electron chi connectivity index (χ0n) is 11.6. The summed E-state index contributed by atoms with van der Waals surface area (Å²) in [5.41, 5.74) is 11.9. The first-order valence-corrected chi connectivity index (χ1v) is 6.90. The van der Waals surface area contributed by atoms with Gasteiger partial charge in [-0.05, 0) is 12.1 Å². The molecule has 0 saturated carbocycles. The van der Waals surface area contributed by atoms with Crippen LogP contribution in [-0.4, -0.2) is 19.9 Å². The maximum Gasteiger partial charge on any atom is 0.174 e. The van der Waals surface area contributed by atoms with Crippen LogP contribution >= 0.6 is 0 Å². The summed E-state index contributed by atoms with van der Waals surface area (Å²) in [7, 11) is 0. The molecule has 0 spiro atoms. The molecule has 0 aliphatic carbocycles. The third-order valence-electron chi connectivity index (χ3n) is 3.46. The number of benzene rings is 2. The lowest BCUT2D eigenvalue weighted by Crippen LogP contribution is -1.94. The fourth-order valence-electron chi connectivity index (χ4n) is 2.37. The van der Waals surface area contributed by atoms with Crippen molar-refractivity contribution in [3.8, 4) is 22.8 Å². The van der Waals surface area contributed by atoms with Gasteiger partial charge in [-0.2, -0.15) is 0 Å². The van der Waals surface area contributed by atoms with E-state index in [1.807, 2.05) is 54.6 Å². The van der Waals surface area contributed by atoms with Crippen LogP contribution in [0.3, 0.4) is 0 Å². The largest absolute Gasteiger partial charge is 0.337 e. The van der Waals surface area contributed by atoms with E-state index in [1.54, 1.807) is 6.20 Å². The molecule has 2 heterocycles. The van der Waals surface area contributed by atoms with E-state index in [0.717, 1.165) is 22.3 Å². The van der Waals surface area contributed by atoms with Crippen LogP contribution in [0.25, 0.3) is 33.8 Å². The highest BCUT2D eigenvalue weighted by Gasteiger charge is 2.13. The maximum absolute atomic E-state index is 8.01. The molecule has 4 rings (SSSR count). The van der Waals surface area contributed by atoms with Crippen LogP contribution in [0.4, 0.5) is 5.82 Å². The molecule has 0 atom stereocenters. The predicted octanol–water partition coefficient (Wildman–Crippen LogP) is 3.60. The van der Waals surface area contributed by atoms with Crippen molar-refractivity contribution in [3.63, 3.8) is 0 Å². The summed E-state index contributed by atoms with van der Waals surface area (Å²) >= 11 is 0. The van der Waals surface area contributed by atoms with Gasteiger partial charge in [0.2, 0.25) is 0 Å². The van der Waals surface area contributed by atoms with Crippen LogP contribution in [0.15, 0.2) is 60.8 Å². The van der Waals surface area contributed by atoms with Gasteiger partial charge in [0.05, 0.1) is 22.9 Å². The van der Waals surface area contributed by atoms with E-state index in [4.69, 9.17) is 5.73 Å². The third-order valence-corrected chi connectivity index (χ3v) is 3.46. The van der Waals surface area contributed by atoms with Crippen LogP contribution in [-0.2, 0) is 0 Å². The molecular formula is C17H12N5. The Morgan fingerprint density at radius 3 is 2.45 bits per heavy atom. The summed E-state index contributed by atoms with van der Waals surface area (Å²) < 4.78 is 0. The highest BCUT2D eigenvalue weighted by Crippen LogP contribution is 2.26. The molecular weight excluding hydrogens is 274 g/mol. The third kappa shape index (κ3) is 2.09. The van der Waals surface area contributed by atoms with Gasteiger partial charge in [0.1, 0.15) is 0 Å². The molecule has 1 radical (unpaired) electrons. The first kappa shape index (κ1) is 12.5. The molecule has 105 valence electrons. The Bertz CT molecular complexity index is 911. The lowest BCUT2D eigenvalue weighted by Gasteiger charge is -2.04. The number of hydrogen-bond acceptors (Lipinski definition) is 3. The highest BCUT2D eigenvalue weighted by molar-refractivity contribution is 5.80.